The first-order valence-corrected chi connectivity index (χ1v) is 4.96. The van der Waals surface area contributed by atoms with Crippen molar-refractivity contribution in [2.75, 3.05) is 13.7 Å². The molecule has 0 aliphatic heterocycles. The summed E-state index contributed by atoms with van der Waals surface area (Å²) in [5, 5.41) is 7.57. The number of aliphatic hydroxyl groups excluding tert-OH is 1. The van der Waals surface area contributed by atoms with Crippen LogP contribution in [-0.4, -0.2) is 18.8 Å². The Kier molecular flexibility index (Phi) is 13.2. The molecule has 0 unspecified atom stereocenters. The minimum Gasteiger partial charge on any atom is -0.497 e. The second kappa shape index (κ2) is 12.0. The zero-order valence-electron chi connectivity index (χ0n) is 9.87. The van der Waals surface area contributed by atoms with Crippen LogP contribution in [0.25, 0.3) is 0 Å². The molecule has 0 aliphatic rings. The van der Waals surface area contributed by atoms with Gasteiger partial charge in [-0.05, 0) is 26.0 Å². The Morgan fingerprint density at radius 1 is 1.14 bits per heavy atom. The molecule has 2 nitrogen and oxygen atoms in total. The Balaban J connectivity index is 0. The zero-order chi connectivity index (χ0) is 11.4. The lowest BCUT2D eigenvalue weighted by Crippen LogP contribution is -1.80. The van der Waals surface area contributed by atoms with Crippen molar-refractivity contribution in [1.82, 2.24) is 0 Å². The van der Waals surface area contributed by atoms with E-state index >= 15 is 0 Å². The third-order valence-electron chi connectivity index (χ3n) is 1.26. The molecule has 0 atom stereocenters. The van der Waals surface area contributed by atoms with E-state index in [1.54, 1.807) is 14.0 Å². The first kappa shape index (κ1) is 15.5. The van der Waals surface area contributed by atoms with Crippen molar-refractivity contribution in [3.05, 3.63) is 29.8 Å². The predicted octanol–water partition coefficient (Wildman–Crippen LogP) is 3.03. The molecule has 1 aromatic rings. The van der Waals surface area contributed by atoms with Gasteiger partial charge in [0.05, 0.1) is 7.11 Å². The maximum Gasteiger partial charge on any atom is 0.118 e. The van der Waals surface area contributed by atoms with Gasteiger partial charge in [-0.25, -0.2) is 0 Å². The third-order valence-corrected chi connectivity index (χ3v) is 1.26. The molecule has 0 aromatic heterocycles. The number of aryl methyl sites for hydroxylation is 1. The first-order chi connectivity index (χ1) is 6.74. The van der Waals surface area contributed by atoms with E-state index < -0.39 is 0 Å². The van der Waals surface area contributed by atoms with Crippen LogP contribution in [0.15, 0.2) is 24.3 Å². The van der Waals surface area contributed by atoms with E-state index in [-0.39, 0.29) is 6.61 Å². The molecular weight excluding hydrogens is 176 g/mol. The van der Waals surface area contributed by atoms with E-state index in [9.17, 15) is 0 Å². The zero-order valence-corrected chi connectivity index (χ0v) is 9.87. The molecule has 2 heteroatoms. The van der Waals surface area contributed by atoms with Gasteiger partial charge in [-0.15, -0.1) is 0 Å². The molecule has 82 valence electrons. The molecule has 1 aromatic carbocycles. The Morgan fingerprint density at radius 2 is 1.50 bits per heavy atom. The monoisotopic (exact) mass is 198 g/mol. The van der Waals surface area contributed by atoms with E-state index in [4.69, 9.17) is 9.84 Å². The average Bonchev–Trinajstić information content (AvgIpc) is 2.23. The van der Waals surface area contributed by atoms with Crippen LogP contribution in [0, 0.1) is 6.92 Å². The molecule has 0 heterocycles. The maximum atomic E-state index is 7.57. The molecule has 0 saturated heterocycles. The van der Waals surface area contributed by atoms with E-state index in [1.165, 1.54) is 5.56 Å². The SMILES string of the molecule is CC.CCO.COc1ccc(C)cc1. The van der Waals surface area contributed by atoms with Gasteiger partial charge < -0.3 is 9.84 Å². The van der Waals surface area contributed by atoms with Crippen molar-refractivity contribution >= 4 is 0 Å². The number of aliphatic hydroxyl groups is 1. The molecule has 0 radical (unpaired) electrons. The number of hydrogen-bond donors (Lipinski definition) is 1. The topological polar surface area (TPSA) is 29.5 Å². The number of methoxy groups -OCH3 is 1. The van der Waals surface area contributed by atoms with Crippen LogP contribution in [0.5, 0.6) is 5.75 Å². The molecule has 0 saturated carbocycles. The highest BCUT2D eigenvalue weighted by molar-refractivity contribution is 5.25. The van der Waals surface area contributed by atoms with Gasteiger partial charge in [-0.1, -0.05) is 31.5 Å². The average molecular weight is 198 g/mol. The Labute approximate surface area is 87.5 Å². The van der Waals surface area contributed by atoms with Gasteiger partial charge in [0.1, 0.15) is 5.75 Å². The van der Waals surface area contributed by atoms with Crippen LogP contribution in [0.2, 0.25) is 0 Å². The lowest BCUT2D eigenvalue weighted by Gasteiger charge is -1.97. The van der Waals surface area contributed by atoms with Crippen LogP contribution < -0.4 is 4.74 Å². The maximum absolute atomic E-state index is 7.57. The summed E-state index contributed by atoms with van der Waals surface area (Å²) in [7, 11) is 1.67. The minimum atomic E-state index is 0.250. The summed E-state index contributed by atoms with van der Waals surface area (Å²) in [6, 6.07) is 7.96. The van der Waals surface area contributed by atoms with Gasteiger partial charge in [0.15, 0.2) is 0 Å². The number of benzene rings is 1. The van der Waals surface area contributed by atoms with E-state index in [0.717, 1.165) is 5.75 Å². The molecule has 0 amide bonds. The minimum absolute atomic E-state index is 0.250. The Morgan fingerprint density at radius 3 is 1.79 bits per heavy atom. The highest BCUT2D eigenvalue weighted by Gasteiger charge is 1.85. The summed E-state index contributed by atoms with van der Waals surface area (Å²) in [4.78, 5) is 0. The summed E-state index contributed by atoms with van der Waals surface area (Å²) in [5.41, 5.74) is 1.26. The molecule has 1 rings (SSSR count). The highest BCUT2D eigenvalue weighted by atomic mass is 16.5. The molecule has 0 aliphatic carbocycles. The van der Waals surface area contributed by atoms with Crippen LogP contribution in [0.3, 0.4) is 0 Å². The van der Waals surface area contributed by atoms with Crippen molar-refractivity contribution < 1.29 is 9.84 Å². The second-order valence-electron chi connectivity index (χ2n) is 2.33. The summed E-state index contributed by atoms with van der Waals surface area (Å²) >= 11 is 0. The van der Waals surface area contributed by atoms with Crippen molar-refractivity contribution in [2.45, 2.75) is 27.7 Å². The largest absolute Gasteiger partial charge is 0.497 e. The lowest BCUT2D eigenvalue weighted by atomic mass is 10.2. The van der Waals surface area contributed by atoms with Gasteiger partial charge in [0, 0.05) is 6.61 Å². The van der Waals surface area contributed by atoms with Gasteiger partial charge >= 0.3 is 0 Å². The normalized spacial score (nSPS) is 7.57. The van der Waals surface area contributed by atoms with E-state index in [0.29, 0.717) is 0 Å². The quantitative estimate of drug-likeness (QED) is 0.751. The summed E-state index contributed by atoms with van der Waals surface area (Å²) < 4.78 is 4.97. The van der Waals surface area contributed by atoms with Crippen LogP contribution >= 0.6 is 0 Å². The molecule has 14 heavy (non-hydrogen) atoms. The number of hydrogen-bond acceptors (Lipinski definition) is 2. The van der Waals surface area contributed by atoms with Crippen LogP contribution in [0.4, 0.5) is 0 Å². The van der Waals surface area contributed by atoms with E-state index in [2.05, 4.69) is 6.92 Å². The highest BCUT2D eigenvalue weighted by Crippen LogP contribution is 2.09. The van der Waals surface area contributed by atoms with Crippen molar-refractivity contribution in [1.29, 1.82) is 0 Å². The molecule has 0 spiro atoms. The van der Waals surface area contributed by atoms with Gasteiger partial charge in [0.2, 0.25) is 0 Å². The Bertz CT molecular complexity index is 192. The third kappa shape index (κ3) is 9.07. The van der Waals surface area contributed by atoms with Gasteiger partial charge in [-0.3, -0.25) is 0 Å². The van der Waals surface area contributed by atoms with E-state index in [1.807, 2.05) is 38.1 Å². The summed E-state index contributed by atoms with van der Waals surface area (Å²) in [6.45, 7) is 7.99. The fourth-order valence-corrected chi connectivity index (χ4v) is 0.674. The van der Waals surface area contributed by atoms with Crippen molar-refractivity contribution in [3.63, 3.8) is 0 Å². The fourth-order valence-electron chi connectivity index (χ4n) is 0.674. The Hall–Kier alpha value is -1.02. The van der Waals surface area contributed by atoms with Crippen LogP contribution in [-0.2, 0) is 0 Å². The molecule has 0 fully saturated rings. The lowest BCUT2D eigenvalue weighted by molar-refractivity contribution is 0.318. The fraction of sp³-hybridized carbons (Fsp3) is 0.500. The molecule has 0 bridgehead atoms. The van der Waals surface area contributed by atoms with Crippen molar-refractivity contribution in [3.8, 4) is 5.75 Å². The van der Waals surface area contributed by atoms with Gasteiger partial charge in [0.25, 0.3) is 0 Å². The first-order valence-electron chi connectivity index (χ1n) is 4.96. The summed E-state index contributed by atoms with van der Waals surface area (Å²) in [5.74, 6) is 0.917. The molecule has 1 N–H and O–H groups in total. The standard InChI is InChI=1S/C8H10O.C2H6O.C2H6/c1-7-3-5-8(9-2)6-4-7;1-2-3;1-2/h3-6H,1-2H3;3H,2H2,1H3;1-2H3. The van der Waals surface area contributed by atoms with Crippen LogP contribution in [0.1, 0.15) is 26.3 Å². The predicted molar refractivity (Wildman–Crippen MR) is 61.8 cm³/mol. The summed E-state index contributed by atoms with van der Waals surface area (Å²) in [6.07, 6.45) is 0. The van der Waals surface area contributed by atoms with Crippen molar-refractivity contribution in [2.24, 2.45) is 0 Å². The molecular formula is C12H22O2. The van der Waals surface area contributed by atoms with Gasteiger partial charge in [-0.2, -0.15) is 0 Å². The number of rotatable bonds is 1. The second-order valence-corrected chi connectivity index (χ2v) is 2.33. The smallest absolute Gasteiger partial charge is 0.118 e. The number of ether oxygens (including phenoxy) is 1.